The third kappa shape index (κ3) is 5.85. The van der Waals surface area contributed by atoms with Crippen LogP contribution in [0.25, 0.3) is 0 Å². The lowest BCUT2D eigenvalue weighted by atomic mass is 9.81. The van der Waals surface area contributed by atoms with E-state index in [1.54, 1.807) is 38.1 Å². The van der Waals surface area contributed by atoms with Crippen LogP contribution < -0.4 is 5.32 Å². The summed E-state index contributed by atoms with van der Waals surface area (Å²) in [5, 5.41) is 21.9. The maximum Gasteiger partial charge on any atom is 0.412 e. The van der Waals surface area contributed by atoms with Gasteiger partial charge in [-0.3, -0.25) is 5.32 Å². The molecule has 148 valence electrons. The number of aliphatic carboxylic acids is 1. The van der Waals surface area contributed by atoms with Crippen molar-refractivity contribution in [2.24, 2.45) is 5.41 Å². The van der Waals surface area contributed by atoms with Crippen molar-refractivity contribution in [1.29, 1.82) is 0 Å². The van der Waals surface area contributed by atoms with E-state index in [9.17, 15) is 14.7 Å². The lowest BCUT2D eigenvalue weighted by Gasteiger charge is -2.32. The Morgan fingerprint density at radius 2 is 1.82 bits per heavy atom. The molecule has 2 rings (SSSR count). The summed E-state index contributed by atoms with van der Waals surface area (Å²) in [5.74, 6) is -1.18. The number of carboxylic acid groups (broad SMARTS) is 1. The van der Waals surface area contributed by atoms with E-state index in [-0.39, 0.29) is 5.75 Å². The second kappa shape index (κ2) is 8.93. The quantitative estimate of drug-likeness (QED) is 0.513. The summed E-state index contributed by atoms with van der Waals surface area (Å²) in [5.41, 5.74) is 1.05. The van der Waals surface area contributed by atoms with Crippen molar-refractivity contribution in [2.75, 3.05) is 5.32 Å². The van der Waals surface area contributed by atoms with Gasteiger partial charge in [0, 0.05) is 27.2 Å². The van der Waals surface area contributed by atoms with Crippen LogP contribution in [0.5, 0.6) is 5.75 Å². The number of nitrogens with one attached hydrogen (secondary N) is 1. The predicted molar refractivity (Wildman–Crippen MR) is 110 cm³/mol. The first-order valence-electron chi connectivity index (χ1n) is 8.53. The van der Waals surface area contributed by atoms with Gasteiger partial charge in [0.1, 0.15) is 11.9 Å². The molecule has 2 aromatic carbocycles. The lowest BCUT2D eigenvalue weighted by Crippen LogP contribution is -2.28. The van der Waals surface area contributed by atoms with Crippen LogP contribution in [0.3, 0.4) is 0 Å². The van der Waals surface area contributed by atoms with Gasteiger partial charge in [-0.2, -0.15) is 0 Å². The van der Waals surface area contributed by atoms with E-state index in [4.69, 9.17) is 9.84 Å². The Balaban J connectivity index is 2.34. The van der Waals surface area contributed by atoms with E-state index in [1.165, 1.54) is 12.1 Å². The van der Waals surface area contributed by atoms with Crippen molar-refractivity contribution in [3.63, 3.8) is 0 Å². The second-order valence-corrected chi connectivity index (χ2v) is 7.89. The standard InChI is InChI=1S/C21H22BrNO5/c1-13-4-7-15(8-5-13)23-20(27)28-19(21(2,3)11-10-18(25)26)16-12-14(22)6-9-17(16)24/h4-12,19,24H,1-3H3,(H,23,27)(H,25,26)/b11-10+/t19-/m1/s1. The zero-order valence-corrected chi connectivity index (χ0v) is 17.4. The van der Waals surface area contributed by atoms with E-state index in [0.29, 0.717) is 15.7 Å². The second-order valence-electron chi connectivity index (χ2n) is 6.97. The number of halogens is 1. The number of carbonyl (C=O) groups excluding carboxylic acids is 1. The number of rotatable bonds is 6. The number of phenols is 1. The Morgan fingerprint density at radius 1 is 1.18 bits per heavy atom. The van der Waals surface area contributed by atoms with E-state index < -0.39 is 23.6 Å². The minimum atomic E-state index is -1.12. The highest BCUT2D eigenvalue weighted by atomic mass is 79.9. The van der Waals surface area contributed by atoms with E-state index in [2.05, 4.69) is 21.2 Å². The molecule has 0 saturated heterocycles. The average Bonchev–Trinajstić information content (AvgIpc) is 2.62. The summed E-state index contributed by atoms with van der Waals surface area (Å²) in [7, 11) is 0. The molecule has 0 bridgehead atoms. The van der Waals surface area contributed by atoms with Crippen LogP contribution in [-0.2, 0) is 9.53 Å². The van der Waals surface area contributed by atoms with Crippen molar-refractivity contribution >= 4 is 33.7 Å². The number of amides is 1. The lowest BCUT2D eigenvalue weighted by molar-refractivity contribution is -0.131. The number of aryl methyl sites for hydroxylation is 1. The summed E-state index contributed by atoms with van der Waals surface area (Å²) in [6.07, 6.45) is 0.763. The fourth-order valence-corrected chi connectivity index (χ4v) is 3.00. The molecule has 0 aliphatic carbocycles. The number of carbonyl (C=O) groups is 2. The molecule has 6 nitrogen and oxygen atoms in total. The number of phenolic OH excluding ortho intramolecular Hbond substituents is 1. The first kappa shape index (κ1) is 21.5. The maximum absolute atomic E-state index is 12.5. The van der Waals surface area contributed by atoms with E-state index in [1.807, 2.05) is 19.1 Å². The SMILES string of the molecule is Cc1ccc(NC(=O)O[C@H](c2cc(Br)ccc2O)C(C)(C)/C=C/C(=O)O)cc1. The Hall–Kier alpha value is -2.80. The van der Waals surface area contributed by atoms with Gasteiger partial charge < -0.3 is 14.9 Å². The number of anilines is 1. The van der Waals surface area contributed by atoms with Crippen LogP contribution >= 0.6 is 15.9 Å². The number of carboxylic acids is 1. The minimum Gasteiger partial charge on any atom is -0.508 e. The van der Waals surface area contributed by atoms with Gasteiger partial charge in [-0.25, -0.2) is 9.59 Å². The van der Waals surface area contributed by atoms with Gasteiger partial charge >= 0.3 is 12.1 Å². The fourth-order valence-electron chi connectivity index (χ4n) is 2.62. The molecule has 2 aromatic rings. The first-order chi connectivity index (χ1) is 13.1. The molecule has 0 spiro atoms. The summed E-state index contributed by atoms with van der Waals surface area (Å²) in [4.78, 5) is 23.4. The zero-order valence-electron chi connectivity index (χ0n) is 15.8. The summed E-state index contributed by atoms with van der Waals surface area (Å²) in [6, 6.07) is 12.0. The fraction of sp³-hybridized carbons (Fsp3) is 0.238. The van der Waals surface area contributed by atoms with Crippen LogP contribution in [0.4, 0.5) is 10.5 Å². The number of hydrogen-bond donors (Lipinski definition) is 3. The van der Waals surface area contributed by atoms with Gasteiger partial charge in [0.2, 0.25) is 0 Å². The third-order valence-electron chi connectivity index (χ3n) is 4.13. The maximum atomic E-state index is 12.5. The molecule has 3 N–H and O–H groups in total. The Kier molecular flexibility index (Phi) is 6.85. The van der Waals surface area contributed by atoms with Crippen molar-refractivity contribution in [1.82, 2.24) is 0 Å². The molecule has 1 atom stereocenters. The van der Waals surface area contributed by atoms with Crippen LogP contribution in [0.15, 0.2) is 59.1 Å². The molecule has 0 radical (unpaired) electrons. The molecular weight excluding hydrogens is 426 g/mol. The van der Waals surface area contributed by atoms with Gasteiger partial charge in [0.15, 0.2) is 0 Å². The molecular formula is C21H22BrNO5. The number of hydrogen-bond acceptors (Lipinski definition) is 4. The van der Waals surface area contributed by atoms with Gasteiger partial charge in [-0.05, 0) is 37.3 Å². The molecule has 0 unspecified atom stereocenters. The Bertz CT molecular complexity index is 890. The highest BCUT2D eigenvalue weighted by Gasteiger charge is 2.34. The van der Waals surface area contributed by atoms with Crippen LogP contribution in [-0.4, -0.2) is 22.3 Å². The monoisotopic (exact) mass is 447 g/mol. The molecule has 0 aliphatic rings. The topological polar surface area (TPSA) is 95.9 Å². The smallest absolute Gasteiger partial charge is 0.412 e. The Morgan fingerprint density at radius 3 is 2.43 bits per heavy atom. The predicted octanol–water partition coefficient (Wildman–Crippen LogP) is 5.42. The van der Waals surface area contributed by atoms with E-state index in [0.717, 1.165) is 11.6 Å². The van der Waals surface area contributed by atoms with Crippen LogP contribution in [0, 0.1) is 12.3 Å². The van der Waals surface area contributed by atoms with Crippen molar-refractivity contribution in [3.8, 4) is 5.75 Å². The number of benzene rings is 2. The van der Waals surface area contributed by atoms with Gasteiger partial charge in [0.05, 0.1) is 0 Å². The van der Waals surface area contributed by atoms with Gasteiger partial charge in [-0.15, -0.1) is 0 Å². The molecule has 0 aliphatic heterocycles. The van der Waals surface area contributed by atoms with Crippen molar-refractivity contribution < 1.29 is 24.5 Å². The molecule has 0 fully saturated rings. The highest BCUT2D eigenvalue weighted by molar-refractivity contribution is 9.10. The minimum absolute atomic E-state index is 0.0619. The molecule has 0 aromatic heterocycles. The molecule has 7 heteroatoms. The van der Waals surface area contributed by atoms with Crippen molar-refractivity contribution in [3.05, 3.63) is 70.2 Å². The molecule has 28 heavy (non-hydrogen) atoms. The largest absolute Gasteiger partial charge is 0.508 e. The van der Waals surface area contributed by atoms with Gasteiger partial charge in [-0.1, -0.05) is 53.5 Å². The van der Waals surface area contributed by atoms with Crippen LogP contribution in [0.1, 0.15) is 31.1 Å². The van der Waals surface area contributed by atoms with Crippen molar-refractivity contribution in [2.45, 2.75) is 26.9 Å². The van der Waals surface area contributed by atoms with Crippen LogP contribution in [0.2, 0.25) is 0 Å². The molecule has 0 heterocycles. The van der Waals surface area contributed by atoms with Gasteiger partial charge in [0.25, 0.3) is 0 Å². The Labute approximate surface area is 172 Å². The van der Waals surface area contributed by atoms with E-state index >= 15 is 0 Å². The highest BCUT2D eigenvalue weighted by Crippen LogP contribution is 2.42. The summed E-state index contributed by atoms with van der Waals surface area (Å²) in [6.45, 7) is 5.37. The third-order valence-corrected chi connectivity index (χ3v) is 4.62. The average molecular weight is 448 g/mol. The molecule has 0 saturated carbocycles. The zero-order chi connectivity index (χ0) is 20.9. The number of ether oxygens (including phenoxy) is 1. The number of aromatic hydroxyl groups is 1. The molecule has 1 amide bonds. The normalized spacial score (nSPS) is 12.6. The summed E-state index contributed by atoms with van der Waals surface area (Å²) < 4.78 is 6.31. The first-order valence-corrected chi connectivity index (χ1v) is 9.32. The summed E-state index contributed by atoms with van der Waals surface area (Å²) >= 11 is 3.34.